The summed E-state index contributed by atoms with van der Waals surface area (Å²) >= 11 is 0. The monoisotopic (exact) mass is 246 g/mol. The Labute approximate surface area is 111 Å². The van der Waals surface area contributed by atoms with E-state index in [2.05, 4.69) is 53.7 Å². The van der Waals surface area contributed by atoms with Gasteiger partial charge in [-0.15, -0.1) is 0 Å². The van der Waals surface area contributed by atoms with Crippen molar-refractivity contribution in [2.45, 2.75) is 65.4 Å². The third kappa shape index (κ3) is 1.89. The third-order valence-corrected chi connectivity index (χ3v) is 5.12. The highest BCUT2D eigenvalue weighted by atomic mass is 16.3. The summed E-state index contributed by atoms with van der Waals surface area (Å²) in [6, 6.07) is 4.54. The van der Waals surface area contributed by atoms with Gasteiger partial charge < -0.3 is 5.11 Å². The summed E-state index contributed by atoms with van der Waals surface area (Å²) in [6.45, 7) is 14.0. The van der Waals surface area contributed by atoms with E-state index in [0.717, 1.165) is 5.56 Å². The minimum atomic E-state index is 0.144. The average Bonchev–Trinajstić information content (AvgIpc) is 2.26. The van der Waals surface area contributed by atoms with E-state index >= 15 is 0 Å². The van der Waals surface area contributed by atoms with Crippen LogP contribution in [0, 0.1) is 12.8 Å². The molecule has 1 heteroatoms. The summed E-state index contributed by atoms with van der Waals surface area (Å²) in [7, 11) is 0. The van der Waals surface area contributed by atoms with Gasteiger partial charge in [0.15, 0.2) is 0 Å². The van der Waals surface area contributed by atoms with Gasteiger partial charge in [0.2, 0.25) is 0 Å². The van der Waals surface area contributed by atoms with Crippen molar-refractivity contribution in [3.8, 4) is 0 Å². The van der Waals surface area contributed by atoms with Crippen LogP contribution in [0.5, 0.6) is 0 Å². The van der Waals surface area contributed by atoms with Gasteiger partial charge in [-0.25, -0.2) is 0 Å². The summed E-state index contributed by atoms with van der Waals surface area (Å²) in [5.41, 5.74) is 5.63. The first-order chi connectivity index (χ1) is 8.20. The van der Waals surface area contributed by atoms with Gasteiger partial charge in [0, 0.05) is 0 Å². The zero-order valence-electron chi connectivity index (χ0n) is 12.6. The lowest BCUT2D eigenvalue weighted by Gasteiger charge is -2.47. The van der Waals surface area contributed by atoms with Gasteiger partial charge in [0.25, 0.3) is 0 Å². The van der Waals surface area contributed by atoms with E-state index in [4.69, 9.17) is 0 Å². The van der Waals surface area contributed by atoms with E-state index < -0.39 is 0 Å². The molecule has 1 aromatic rings. The van der Waals surface area contributed by atoms with Crippen LogP contribution in [0.3, 0.4) is 0 Å². The van der Waals surface area contributed by atoms with Crippen molar-refractivity contribution in [2.75, 3.05) is 0 Å². The maximum absolute atomic E-state index is 9.47. The first-order valence-electron chi connectivity index (χ1n) is 6.95. The molecule has 0 aliphatic heterocycles. The molecule has 0 bridgehead atoms. The lowest BCUT2D eigenvalue weighted by Crippen LogP contribution is -2.40. The molecule has 0 aromatic heterocycles. The van der Waals surface area contributed by atoms with Crippen LogP contribution >= 0.6 is 0 Å². The van der Waals surface area contributed by atoms with Crippen molar-refractivity contribution in [3.05, 3.63) is 34.4 Å². The van der Waals surface area contributed by atoms with E-state index in [1.807, 2.05) is 0 Å². The van der Waals surface area contributed by atoms with Crippen LogP contribution in [0.4, 0.5) is 0 Å². The van der Waals surface area contributed by atoms with Gasteiger partial charge in [0.1, 0.15) is 0 Å². The molecular weight excluding hydrogens is 220 g/mol. The summed E-state index contributed by atoms with van der Waals surface area (Å²) in [6.07, 6.45) is 1.21. The molecule has 1 aromatic carbocycles. The second kappa shape index (κ2) is 4.09. The first-order valence-corrected chi connectivity index (χ1v) is 6.95. The maximum Gasteiger partial charge on any atom is 0.0684 e. The van der Waals surface area contributed by atoms with Crippen LogP contribution in [0.2, 0.25) is 0 Å². The van der Waals surface area contributed by atoms with Crippen LogP contribution in [0.1, 0.15) is 63.3 Å². The van der Waals surface area contributed by atoms with Crippen molar-refractivity contribution in [1.29, 1.82) is 0 Å². The Balaban J connectivity index is 2.71. The maximum atomic E-state index is 9.47. The van der Waals surface area contributed by atoms with E-state index in [-0.39, 0.29) is 17.4 Å². The Kier molecular flexibility index (Phi) is 3.09. The summed E-state index contributed by atoms with van der Waals surface area (Å²) < 4.78 is 0. The van der Waals surface area contributed by atoms with Gasteiger partial charge >= 0.3 is 0 Å². The minimum Gasteiger partial charge on any atom is -0.392 e. The largest absolute Gasteiger partial charge is 0.392 e. The van der Waals surface area contributed by atoms with Crippen molar-refractivity contribution < 1.29 is 5.11 Å². The molecule has 0 fully saturated rings. The van der Waals surface area contributed by atoms with Crippen LogP contribution in [-0.2, 0) is 17.4 Å². The standard InChI is InChI=1S/C17H26O/c1-11-7-15-14(8-13(11)10-18)16(3,4)9-12(2)17(15,5)6/h7-8,12,18H,9-10H2,1-6H3. The van der Waals surface area contributed by atoms with Gasteiger partial charge in [0.05, 0.1) is 6.61 Å². The first kappa shape index (κ1) is 13.6. The molecule has 1 atom stereocenters. The number of fused-ring (bicyclic) bond motifs is 1. The quantitative estimate of drug-likeness (QED) is 0.791. The molecular formula is C17H26O. The Bertz CT molecular complexity index is 469. The number of benzene rings is 1. The second-order valence-electron chi connectivity index (χ2n) is 7.19. The van der Waals surface area contributed by atoms with E-state index in [1.165, 1.54) is 23.1 Å². The molecule has 0 saturated heterocycles. The van der Waals surface area contributed by atoms with Crippen LogP contribution in [0.25, 0.3) is 0 Å². The lowest BCUT2D eigenvalue weighted by molar-refractivity contribution is 0.232. The zero-order chi connectivity index (χ0) is 13.7. The second-order valence-corrected chi connectivity index (χ2v) is 7.19. The van der Waals surface area contributed by atoms with Gasteiger partial charge in [-0.1, -0.05) is 46.8 Å². The number of hydrogen-bond acceptors (Lipinski definition) is 1. The molecule has 0 saturated carbocycles. The fourth-order valence-corrected chi connectivity index (χ4v) is 3.41. The van der Waals surface area contributed by atoms with Gasteiger partial charge in [-0.3, -0.25) is 0 Å². The van der Waals surface area contributed by atoms with Crippen molar-refractivity contribution in [2.24, 2.45) is 5.92 Å². The molecule has 1 nitrogen and oxygen atoms in total. The predicted octanol–water partition coefficient (Wildman–Crippen LogP) is 4.08. The van der Waals surface area contributed by atoms with Crippen LogP contribution in [0.15, 0.2) is 12.1 Å². The SMILES string of the molecule is Cc1cc2c(cc1CO)C(C)(C)CC(C)C2(C)C. The zero-order valence-corrected chi connectivity index (χ0v) is 12.6. The fourth-order valence-electron chi connectivity index (χ4n) is 3.41. The molecule has 0 heterocycles. The molecule has 2 rings (SSSR count). The lowest BCUT2D eigenvalue weighted by atomic mass is 9.58. The molecule has 18 heavy (non-hydrogen) atoms. The summed E-state index contributed by atoms with van der Waals surface area (Å²) in [4.78, 5) is 0. The summed E-state index contributed by atoms with van der Waals surface area (Å²) in [5, 5.41) is 9.47. The number of aliphatic hydroxyl groups excluding tert-OH is 1. The Morgan fingerprint density at radius 3 is 2.33 bits per heavy atom. The predicted molar refractivity (Wildman–Crippen MR) is 76.9 cm³/mol. The number of rotatable bonds is 1. The molecule has 1 aliphatic rings. The molecule has 100 valence electrons. The molecule has 1 aliphatic carbocycles. The van der Waals surface area contributed by atoms with E-state index in [0.29, 0.717) is 5.92 Å². The molecule has 0 amide bonds. The molecule has 0 radical (unpaired) electrons. The van der Waals surface area contributed by atoms with E-state index in [1.54, 1.807) is 0 Å². The number of hydrogen-bond donors (Lipinski definition) is 1. The molecule has 0 spiro atoms. The smallest absolute Gasteiger partial charge is 0.0684 e. The van der Waals surface area contributed by atoms with Crippen molar-refractivity contribution >= 4 is 0 Å². The minimum absolute atomic E-state index is 0.144. The average molecular weight is 246 g/mol. The van der Waals surface area contributed by atoms with Gasteiger partial charge in [-0.05, 0) is 52.3 Å². The molecule has 1 unspecified atom stereocenters. The van der Waals surface area contributed by atoms with Crippen LogP contribution in [-0.4, -0.2) is 5.11 Å². The highest BCUT2D eigenvalue weighted by Gasteiger charge is 2.42. The Hall–Kier alpha value is -0.820. The Morgan fingerprint density at radius 2 is 1.78 bits per heavy atom. The van der Waals surface area contributed by atoms with Crippen molar-refractivity contribution in [1.82, 2.24) is 0 Å². The Morgan fingerprint density at radius 1 is 1.17 bits per heavy atom. The topological polar surface area (TPSA) is 20.2 Å². The van der Waals surface area contributed by atoms with Gasteiger partial charge in [-0.2, -0.15) is 0 Å². The normalized spacial score (nSPS) is 24.7. The molecule has 1 N–H and O–H groups in total. The highest BCUT2D eigenvalue weighted by molar-refractivity contribution is 5.47. The highest BCUT2D eigenvalue weighted by Crippen LogP contribution is 2.49. The van der Waals surface area contributed by atoms with Crippen LogP contribution < -0.4 is 0 Å². The number of aryl methyl sites for hydroxylation is 1. The van der Waals surface area contributed by atoms with E-state index in [9.17, 15) is 5.11 Å². The number of aliphatic hydroxyl groups is 1. The fraction of sp³-hybridized carbons (Fsp3) is 0.647. The third-order valence-electron chi connectivity index (χ3n) is 5.12. The summed E-state index contributed by atoms with van der Waals surface area (Å²) in [5.74, 6) is 0.680. The van der Waals surface area contributed by atoms with Crippen molar-refractivity contribution in [3.63, 3.8) is 0 Å².